The molecule has 1 saturated heterocycles. The van der Waals surface area contributed by atoms with Crippen LogP contribution < -0.4 is 11.1 Å². The van der Waals surface area contributed by atoms with E-state index in [1.165, 1.54) is 0 Å². The molecule has 168 valence electrons. The number of hydrogen-bond donors (Lipinski definition) is 3. The van der Waals surface area contributed by atoms with Crippen LogP contribution in [0, 0.1) is 12.3 Å². The van der Waals surface area contributed by atoms with Crippen LogP contribution in [0.3, 0.4) is 0 Å². The van der Waals surface area contributed by atoms with Crippen molar-refractivity contribution in [3.8, 4) is 10.4 Å². The fourth-order valence-electron chi connectivity index (χ4n) is 3.51. The monoisotopic (exact) mass is 448 g/mol. The van der Waals surface area contributed by atoms with E-state index in [9.17, 15) is 19.1 Å². The van der Waals surface area contributed by atoms with Gasteiger partial charge in [0, 0.05) is 6.54 Å². The zero-order valence-electron chi connectivity index (χ0n) is 18.1. The number of nitrogens with zero attached hydrogens (tertiary/aromatic N) is 2. The van der Waals surface area contributed by atoms with E-state index in [1.54, 1.807) is 37.6 Å². The Morgan fingerprint density at radius 2 is 2.00 bits per heavy atom. The fraction of sp³-hybridized carbons (Fsp3) is 0.500. The molecule has 7 nitrogen and oxygen atoms in total. The lowest BCUT2D eigenvalue weighted by Crippen LogP contribution is -2.56. The van der Waals surface area contributed by atoms with E-state index in [1.807, 2.05) is 31.2 Å². The van der Waals surface area contributed by atoms with Gasteiger partial charge in [-0.25, -0.2) is 9.37 Å². The number of aliphatic hydroxyl groups excluding tert-OH is 1. The summed E-state index contributed by atoms with van der Waals surface area (Å²) in [4.78, 5) is 31.9. The Kier molecular flexibility index (Phi) is 6.78. The number of hydrogen-bond acceptors (Lipinski definition) is 6. The van der Waals surface area contributed by atoms with Gasteiger partial charge in [0.15, 0.2) is 6.17 Å². The smallest absolute Gasteiger partial charge is 0.246 e. The van der Waals surface area contributed by atoms with E-state index >= 15 is 0 Å². The normalized spacial score (nSPS) is 22.4. The number of likely N-dealkylation sites (tertiary alicyclic amines) is 1. The van der Waals surface area contributed by atoms with Gasteiger partial charge in [0.05, 0.1) is 28.7 Å². The van der Waals surface area contributed by atoms with E-state index in [0.717, 1.165) is 26.6 Å². The highest BCUT2D eigenvalue weighted by molar-refractivity contribution is 7.13. The first-order chi connectivity index (χ1) is 14.5. The third kappa shape index (κ3) is 4.94. The van der Waals surface area contributed by atoms with E-state index in [0.29, 0.717) is 0 Å². The number of aliphatic hydroxyl groups is 1. The van der Waals surface area contributed by atoms with Crippen molar-refractivity contribution in [2.24, 2.45) is 11.1 Å². The molecule has 31 heavy (non-hydrogen) atoms. The van der Waals surface area contributed by atoms with Crippen LogP contribution in [0.2, 0.25) is 0 Å². The van der Waals surface area contributed by atoms with Gasteiger partial charge >= 0.3 is 0 Å². The van der Waals surface area contributed by atoms with Gasteiger partial charge in [-0.15, -0.1) is 11.3 Å². The molecule has 1 fully saturated rings. The lowest BCUT2D eigenvalue weighted by molar-refractivity contribution is -0.142. The van der Waals surface area contributed by atoms with Crippen LogP contribution in [0.25, 0.3) is 10.4 Å². The first-order valence-corrected chi connectivity index (χ1v) is 11.0. The van der Waals surface area contributed by atoms with Gasteiger partial charge in [0.1, 0.15) is 12.1 Å². The average molecular weight is 449 g/mol. The molecule has 0 bridgehead atoms. The average Bonchev–Trinajstić information content (AvgIpc) is 3.28. The highest BCUT2D eigenvalue weighted by Crippen LogP contribution is 2.28. The number of thiazole rings is 1. The van der Waals surface area contributed by atoms with Gasteiger partial charge in [-0.1, -0.05) is 45.0 Å². The Bertz CT molecular complexity index is 941. The Hall–Kier alpha value is -2.36. The molecular formula is C22H29FN4O3S. The topological polar surface area (TPSA) is 109 Å². The number of nitrogens with one attached hydrogen (secondary N) is 1. The number of aromatic nitrogens is 1. The molecular weight excluding hydrogens is 419 g/mol. The second kappa shape index (κ2) is 9.02. The number of nitrogens with two attached hydrogens (primary N) is 1. The van der Waals surface area contributed by atoms with Crippen LogP contribution in [-0.2, 0) is 16.1 Å². The van der Waals surface area contributed by atoms with Crippen LogP contribution >= 0.6 is 11.3 Å². The predicted octanol–water partition coefficient (Wildman–Crippen LogP) is 2.02. The van der Waals surface area contributed by atoms with Crippen molar-refractivity contribution >= 4 is 23.2 Å². The Morgan fingerprint density at radius 3 is 2.55 bits per heavy atom. The highest BCUT2D eigenvalue weighted by Gasteiger charge is 2.49. The minimum atomic E-state index is -1.87. The van der Waals surface area contributed by atoms with Crippen LogP contribution in [0.1, 0.15) is 32.0 Å². The minimum Gasteiger partial charge on any atom is -0.388 e. The largest absolute Gasteiger partial charge is 0.388 e. The molecule has 0 saturated carbocycles. The summed E-state index contributed by atoms with van der Waals surface area (Å²) >= 11 is 1.56. The number of carbonyl (C=O) groups excluding carboxylic acids is 2. The Balaban J connectivity index is 1.68. The standard InChI is InChI=1S/C22H29FN4O3S/c1-12-18(31-11-26-12)14-7-5-13(6-8-14)9-25-20(29)17-16(23)15(28)10-27(17)21(30)19(24)22(2,3)4/h5-8,11,15-17,19,28H,9-10,24H2,1-4H3,(H,25,29)/t15-,16+,17-,19?/m0/s1. The van der Waals surface area contributed by atoms with Crippen molar-refractivity contribution in [1.29, 1.82) is 0 Å². The fourth-order valence-corrected chi connectivity index (χ4v) is 4.32. The van der Waals surface area contributed by atoms with Gasteiger partial charge in [-0.3, -0.25) is 9.59 Å². The third-order valence-electron chi connectivity index (χ3n) is 5.57. The number of alkyl halides is 1. The number of halogens is 1. The molecule has 0 aliphatic carbocycles. The number of carbonyl (C=O) groups is 2. The van der Waals surface area contributed by atoms with Gasteiger partial charge in [-0.2, -0.15) is 0 Å². The summed E-state index contributed by atoms with van der Waals surface area (Å²) in [5.74, 6) is -1.20. The number of aryl methyl sites for hydroxylation is 1. The number of amides is 2. The van der Waals surface area contributed by atoms with Crippen molar-refractivity contribution in [3.63, 3.8) is 0 Å². The molecule has 4 atom stereocenters. The maximum absolute atomic E-state index is 14.6. The van der Waals surface area contributed by atoms with Gasteiger partial charge in [-0.05, 0) is 23.5 Å². The van der Waals surface area contributed by atoms with Crippen molar-refractivity contribution in [2.45, 2.75) is 58.6 Å². The number of β-amino-alcohol motifs (C(OH)–C–C–N with tert-alkyl or cyclic N) is 1. The van der Waals surface area contributed by atoms with Gasteiger partial charge in [0.25, 0.3) is 0 Å². The third-order valence-corrected chi connectivity index (χ3v) is 6.55. The quantitative estimate of drug-likeness (QED) is 0.649. The SMILES string of the molecule is Cc1ncsc1-c1ccc(CNC(=O)[C@@H]2[C@H](F)[C@@H](O)CN2C(=O)C(N)C(C)(C)C)cc1. The second-order valence-corrected chi connectivity index (χ2v) is 9.83. The van der Waals surface area contributed by atoms with Crippen molar-refractivity contribution in [2.75, 3.05) is 6.54 Å². The zero-order valence-corrected chi connectivity index (χ0v) is 18.9. The summed E-state index contributed by atoms with van der Waals surface area (Å²) in [6.07, 6.45) is -3.29. The minimum absolute atomic E-state index is 0.174. The molecule has 2 amide bonds. The molecule has 9 heteroatoms. The molecule has 0 radical (unpaired) electrons. The molecule has 3 rings (SSSR count). The maximum atomic E-state index is 14.6. The summed E-state index contributed by atoms with van der Waals surface area (Å²) < 4.78 is 14.6. The first kappa shape index (κ1) is 23.3. The highest BCUT2D eigenvalue weighted by atomic mass is 32.1. The van der Waals surface area contributed by atoms with Gasteiger partial charge < -0.3 is 21.1 Å². The second-order valence-electron chi connectivity index (χ2n) is 8.97. The molecule has 2 aromatic rings. The summed E-state index contributed by atoms with van der Waals surface area (Å²) in [5.41, 5.74) is 10.1. The molecule has 4 N–H and O–H groups in total. The first-order valence-electron chi connectivity index (χ1n) is 10.2. The van der Waals surface area contributed by atoms with E-state index in [-0.39, 0.29) is 13.1 Å². The van der Waals surface area contributed by atoms with Crippen molar-refractivity contribution in [3.05, 3.63) is 41.0 Å². The number of benzene rings is 1. The summed E-state index contributed by atoms with van der Waals surface area (Å²) in [7, 11) is 0. The van der Waals surface area contributed by atoms with Crippen LogP contribution in [0.4, 0.5) is 4.39 Å². The lowest BCUT2D eigenvalue weighted by atomic mass is 9.86. The summed E-state index contributed by atoms with van der Waals surface area (Å²) in [6, 6.07) is 5.32. The molecule has 1 aliphatic heterocycles. The van der Waals surface area contributed by atoms with Gasteiger partial charge in [0.2, 0.25) is 11.8 Å². The molecule has 1 unspecified atom stereocenters. The summed E-state index contributed by atoms with van der Waals surface area (Å²) in [5, 5.41) is 12.6. The van der Waals surface area contributed by atoms with E-state index < -0.39 is 41.6 Å². The molecule has 0 spiro atoms. The Morgan fingerprint density at radius 1 is 1.35 bits per heavy atom. The molecule has 1 aliphatic rings. The van der Waals surface area contributed by atoms with Crippen LogP contribution in [0.5, 0.6) is 0 Å². The lowest BCUT2D eigenvalue weighted by Gasteiger charge is -2.32. The molecule has 2 heterocycles. The van der Waals surface area contributed by atoms with Crippen LogP contribution in [-0.4, -0.2) is 57.7 Å². The van der Waals surface area contributed by atoms with Crippen molar-refractivity contribution < 1.29 is 19.1 Å². The summed E-state index contributed by atoms with van der Waals surface area (Å²) in [6.45, 7) is 7.24. The molecule has 1 aromatic carbocycles. The predicted molar refractivity (Wildman–Crippen MR) is 118 cm³/mol. The number of rotatable bonds is 5. The van der Waals surface area contributed by atoms with Crippen molar-refractivity contribution in [1.82, 2.24) is 15.2 Å². The zero-order chi connectivity index (χ0) is 22.9. The van der Waals surface area contributed by atoms with Crippen LogP contribution in [0.15, 0.2) is 29.8 Å². The maximum Gasteiger partial charge on any atom is 0.246 e. The molecule has 1 aromatic heterocycles. The Labute approximate surface area is 185 Å². The van der Waals surface area contributed by atoms with E-state index in [2.05, 4.69) is 10.3 Å². The van der Waals surface area contributed by atoms with E-state index in [4.69, 9.17) is 5.73 Å².